The molecular weight excluding hydrogens is 270 g/mol. The second-order valence-corrected chi connectivity index (χ2v) is 5.09. The Bertz CT molecular complexity index is 714. The first-order chi connectivity index (χ1) is 10.7. The Kier molecular flexibility index (Phi) is 5.64. The molecule has 2 heteroatoms. The Hall–Kier alpha value is -2.71. The fourth-order valence-corrected chi connectivity index (χ4v) is 2.25. The fraction of sp³-hybridized carbons (Fsp3) is 0.250. The third-order valence-electron chi connectivity index (χ3n) is 3.55. The predicted molar refractivity (Wildman–Crippen MR) is 88.4 cm³/mol. The van der Waals surface area contributed by atoms with Crippen molar-refractivity contribution in [3.63, 3.8) is 0 Å². The summed E-state index contributed by atoms with van der Waals surface area (Å²) >= 11 is 0. The van der Waals surface area contributed by atoms with Crippen LogP contribution in [0.2, 0.25) is 0 Å². The van der Waals surface area contributed by atoms with Gasteiger partial charge in [0.25, 0.3) is 0 Å². The summed E-state index contributed by atoms with van der Waals surface area (Å²) in [5.41, 5.74) is 3.47. The van der Waals surface area contributed by atoms with E-state index in [-0.39, 0.29) is 5.92 Å². The number of benzene rings is 2. The van der Waals surface area contributed by atoms with Crippen molar-refractivity contribution in [2.45, 2.75) is 32.8 Å². The number of nitriles is 1. The second-order valence-electron chi connectivity index (χ2n) is 5.09. The molecule has 0 heterocycles. The van der Waals surface area contributed by atoms with Crippen molar-refractivity contribution in [2.24, 2.45) is 0 Å². The molecule has 22 heavy (non-hydrogen) atoms. The average Bonchev–Trinajstić information content (AvgIpc) is 2.54. The Morgan fingerprint density at radius 3 is 2.45 bits per heavy atom. The van der Waals surface area contributed by atoms with Crippen LogP contribution in [-0.4, -0.2) is 0 Å². The molecule has 0 unspecified atom stereocenters. The third kappa shape index (κ3) is 4.14. The van der Waals surface area contributed by atoms with Gasteiger partial charge >= 0.3 is 0 Å². The van der Waals surface area contributed by atoms with Gasteiger partial charge in [-0.05, 0) is 42.7 Å². The smallest absolute Gasteiger partial charge is 0.119 e. The van der Waals surface area contributed by atoms with E-state index in [9.17, 15) is 0 Å². The fourth-order valence-electron chi connectivity index (χ4n) is 2.25. The van der Waals surface area contributed by atoms with Gasteiger partial charge in [0.2, 0.25) is 0 Å². The minimum atomic E-state index is -0.0274. The number of rotatable bonds is 5. The van der Waals surface area contributed by atoms with Crippen molar-refractivity contribution in [3.05, 3.63) is 65.2 Å². The van der Waals surface area contributed by atoms with Crippen LogP contribution in [0.1, 0.15) is 36.0 Å². The molecule has 1 atom stereocenters. The van der Waals surface area contributed by atoms with Gasteiger partial charge in [-0.25, -0.2) is 0 Å². The normalized spacial score (nSPS) is 11.0. The van der Waals surface area contributed by atoms with Crippen molar-refractivity contribution < 1.29 is 4.74 Å². The SMILES string of the molecule is CC#C[C@@H](CC#N)c1ccc(OCc2ccccc2C)cc1. The van der Waals surface area contributed by atoms with Crippen molar-refractivity contribution in [1.29, 1.82) is 5.26 Å². The lowest BCUT2D eigenvalue weighted by atomic mass is 9.97. The van der Waals surface area contributed by atoms with E-state index < -0.39 is 0 Å². The maximum absolute atomic E-state index is 8.87. The molecule has 2 nitrogen and oxygen atoms in total. The topological polar surface area (TPSA) is 33.0 Å². The van der Waals surface area contributed by atoms with Gasteiger partial charge in [-0.2, -0.15) is 5.26 Å². The molecule has 0 spiro atoms. The summed E-state index contributed by atoms with van der Waals surface area (Å²) in [5, 5.41) is 8.87. The maximum atomic E-state index is 8.87. The third-order valence-corrected chi connectivity index (χ3v) is 3.55. The summed E-state index contributed by atoms with van der Waals surface area (Å²) in [5.74, 6) is 6.76. The molecule has 0 amide bonds. The summed E-state index contributed by atoms with van der Waals surface area (Å²) in [6, 6.07) is 18.2. The van der Waals surface area contributed by atoms with E-state index in [1.54, 1.807) is 6.92 Å². The molecule has 2 aromatic rings. The molecule has 2 aromatic carbocycles. The largest absolute Gasteiger partial charge is 0.489 e. The molecule has 2 rings (SSSR count). The minimum absolute atomic E-state index is 0.0274. The zero-order chi connectivity index (χ0) is 15.8. The molecular formula is C20H19NO. The van der Waals surface area contributed by atoms with Crippen LogP contribution in [0.5, 0.6) is 5.75 Å². The van der Waals surface area contributed by atoms with Gasteiger partial charge < -0.3 is 4.74 Å². The summed E-state index contributed by atoms with van der Waals surface area (Å²) in [7, 11) is 0. The number of hydrogen-bond donors (Lipinski definition) is 0. The molecule has 0 N–H and O–H groups in total. The van der Waals surface area contributed by atoms with Crippen molar-refractivity contribution >= 4 is 0 Å². The molecule has 0 saturated heterocycles. The van der Waals surface area contributed by atoms with Crippen LogP contribution >= 0.6 is 0 Å². The Morgan fingerprint density at radius 1 is 1.09 bits per heavy atom. The van der Waals surface area contributed by atoms with Crippen LogP contribution in [0.4, 0.5) is 0 Å². The van der Waals surface area contributed by atoms with E-state index in [0.29, 0.717) is 13.0 Å². The zero-order valence-electron chi connectivity index (χ0n) is 13.0. The number of hydrogen-bond acceptors (Lipinski definition) is 2. The predicted octanol–water partition coefficient (Wildman–Crippen LogP) is 4.59. The summed E-state index contributed by atoms with van der Waals surface area (Å²) in [6.07, 6.45) is 0.407. The summed E-state index contributed by atoms with van der Waals surface area (Å²) in [4.78, 5) is 0. The molecule has 0 radical (unpaired) electrons. The van der Waals surface area contributed by atoms with Crippen LogP contribution in [0.3, 0.4) is 0 Å². The first kappa shape index (κ1) is 15.7. The molecule has 0 saturated carbocycles. The Morgan fingerprint density at radius 2 is 1.82 bits per heavy atom. The summed E-state index contributed by atoms with van der Waals surface area (Å²) in [6.45, 7) is 4.43. The molecule has 0 aromatic heterocycles. The van der Waals surface area contributed by atoms with Gasteiger partial charge in [-0.1, -0.05) is 42.3 Å². The van der Waals surface area contributed by atoms with Gasteiger partial charge in [-0.3, -0.25) is 0 Å². The number of ether oxygens (including phenoxy) is 1. The molecule has 0 aliphatic rings. The van der Waals surface area contributed by atoms with Crippen LogP contribution in [0.15, 0.2) is 48.5 Å². The lowest BCUT2D eigenvalue weighted by molar-refractivity contribution is 0.305. The van der Waals surface area contributed by atoms with Gasteiger partial charge in [0, 0.05) is 0 Å². The van der Waals surface area contributed by atoms with E-state index in [4.69, 9.17) is 10.00 Å². The van der Waals surface area contributed by atoms with E-state index in [2.05, 4.69) is 37.0 Å². The lowest BCUT2D eigenvalue weighted by Crippen LogP contribution is -1.99. The highest BCUT2D eigenvalue weighted by Gasteiger charge is 2.08. The van der Waals surface area contributed by atoms with Crippen molar-refractivity contribution in [2.75, 3.05) is 0 Å². The standard InChI is InChI=1S/C20H19NO/c1-3-6-17(13-14-21)18-9-11-20(12-10-18)22-15-19-8-5-4-7-16(19)2/h4-5,7-12,17H,13,15H2,1-2H3/t17-/m0/s1. The van der Waals surface area contributed by atoms with Gasteiger partial charge in [0.15, 0.2) is 0 Å². The first-order valence-electron chi connectivity index (χ1n) is 7.31. The monoisotopic (exact) mass is 289 g/mol. The molecule has 110 valence electrons. The molecule has 0 aliphatic heterocycles. The number of nitrogens with zero attached hydrogens (tertiary/aromatic N) is 1. The molecule has 0 bridgehead atoms. The van der Waals surface area contributed by atoms with Crippen LogP contribution < -0.4 is 4.74 Å². The molecule has 0 fully saturated rings. The van der Waals surface area contributed by atoms with E-state index in [1.807, 2.05) is 36.4 Å². The highest BCUT2D eigenvalue weighted by atomic mass is 16.5. The van der Waals surface area contributed by atoms with E-state index in [0.717, 1.165) is 11.3 Å². The Labute approximate surface area is 132 Å². The van der Waals surface area contributed by atoms with Crippen LogP contribution in [-0.2, 0) is 6.61 Å². The summed E-state index contributed by atoms with van der Waals surface area (Å²) < 4.78 is 5.83. The first-order valence-corrected chi connectivity index (χ1v) is 7.31. The van der Waals surface area contributed by atoms with Gasteiger partial charge in [0.1, 0.15) is 12.4 Å². The van der Waals surface area contributed by atoms with Crippen molar-refractivity contribution in [3.8, 4) is 23.7 Å². The van der Waals surface area contributed by atoms with Crippen molar-refractivity contribution in [1.82, 2.24) is 0 Å². The number of aryl methyl sites for hydroxylation is 1. The lowest BCUT2D eigenvalue weighted by Gasteiger charge is -2.11. The second kappa shape index (κ2) is 7.91. The average molecular weight is 289 g/mol. The minimum Gasteiger partial charge on any atom is -0.489 e. The van der Waals surface area contributed by atoms with Crippen LogP contribution in [0, 0.1) is 30.1 Å². The van der Waals surface area contributed by atoms with Gasteiger partial charge in [0.05, 0.1) is 18.4 Å². The van der Waals surface area contributed by atoms with Gasteiger partial charge in [-0.15, -0.1) is 5.92 Å². The zero-order valence-corrected chi connectivity index (χ0v) is 13.0. The Balaban J connectivity index is 2.04. The highest BCUT2D eigenvalue weighted by Crippen LogP contribution is 2.22. The quantitative estimate of drug-likeness (QED) is 0.754. The molecule has 0 aliphatic carbocycles. The van der Waals surface area contributed by atoms with Crippen LogP contribution in [0.25, 0.3) is 0 Å². The maximum Gasteiger partial charge on any atom is 0.119 e. The van der Waals surface area contributed by atoms with E-state index in [1.165, 1.54) is 11.1 Å². The highest BCUT2D eigenvalue weighted by molar-refractivity contribution is 5.34. The van der Waals surface area contributed by atoms with E-state index >= 15 is 0 Å².